The first-order valence-corrected chi connectivity index (χ1v) is 35.2. The third kappa shape index (κ3) is 21.0. The van der Waals surface area contributed by atoms with Crippen LogP contribution in [0.3, 0.4) is 0 Å². The number of pyridine rings is 3. The van der Waals surface area contributed by atoms with Crippen molar-refractivity contribution in [1.29, 1.82) is 0 Å². The van der Waals surface area contributed by atoms with Crippen LogP contribution in [-0.4, -0.2) is 55.9 Å². The molecule has 15 heteroatoms. The van der Waals surface area contributed by atoms with Crippen LogP contribution >= 0.6 is 0 Å². The molecule has 2 unspecified atom stereocenters. The van der Waals surface area contributed by atoms with Gasteiger partial charge in [-0.2, -0.15) is 13.2 Å². The fourth-order valence-corrected chi connectivity index (χ4v) is 12.7. The van der Waals surface area contributed by atoms with E-state index in [1.54, 1.807) is 6.92 Å². The van der Waals surface area contributed by atoms with Crippen LogP contribution in [0.25, 0.3) is 122 Å². The number of rotatable bonds is 14. The molecule has 0 bridgehead atoms. The summed E-state index contributed by atoms with van der Waals surface area (Å²) < 4.78 is 45.5. The minimum atomic E-state index is -4.40. The standard InChI is InChI=1S/C31H31N2.C24H14F3N2.C24H17N2.C5H10O2.C5H8O2.C2H6.CH4.2Ir/c1-3-5-10-23(4-2)22-33-30-13-7-6-11-27(30)28-19-18-26(21-31(28)33)24-14-16-25(17-15-24)29-12-8-9-20-32-29;25-24(26,27)17-11-12-21(28-15-17)16-10-13-23-20(14-16)19-8-4-5-9-22(19)29(23)18-6-2-1-3-7-18;1-17-11-13-22(25-16-17)18-12-14-24-21(15-18)20-9-5-6-10-23(20)26(24)19-7-3-2-4-8-19;2*1-4(6)3-5(2)7;1-2;;;/h6-9,11-16,18-21,23H,3-5,10,22H2,1-2H3;1-13,15H;2-14,16H,1H3;3-4,6-7H,1-2H3;3,6H,1-2H3;1-2H3;1H4;;/q3*-1;;;;;;. The number of ketones is 1. The molecule has 0 spiro atoms. The summed E-state index contributed by atoms with van der Waals surface area (Å²) in [5.41, 5.74) is 17.1. The van der Waals surface area contributed by atoms with Gasteiger partial charge >= 0.3 is 6.18 Å². The maximum Gasteiger partial charge on any atom is 0.417 e. The van der Waals surface area contributed by atoms with Gasteiger partial charge in [-0.25, -0.2) is 0 Å². The molecule has 2 atom stereocenters. The predicted octanol–water partition coefficient (Wildman–Crippen LogP) is 24.7. The zero-order valence-electron chi connectivity index (χ0n) is 60.8. The second-order valence-electron chi connectivity index (χ2n) is 25.2. The van der Waals surface area contributed by atoms with E-state index in [2.05, 4.69) is 201 Å². The fraction of sp³-hybridized carbons (Fsp3) is 0.196. The SMILES string of the molecule is C.CC.CC(=O)C=C(C)O.CC(O)=CC(C)O.CCCCC(CC)Cn1c2ccccc2c2ccc(-c3c[c-]c(-c4ccccn4)cc3)cc21.Cc1ccc(-c2[c-]c3c4ccccc4n(-c4ccccc4)c3cc2)nc1.FC(F)(F)c1ccc(-c2[c-]c3c4ccccc4n(-c4ccccc4)c3cc2)nc1.[Ir].[Ir]. The van der Waals surface area contributed by atoms with Crippen molar-refractivity contribution in [3.8, 4) is 56.3 Å². The van der Waals surface area contributed by atoms with E-state index in [-0.39, 0.29) is 64.9 Å². The number of para-hydroxylation sites is 5. The minimum absolute atomic E-state index is 0. The predicted molar refractivity (Wildman–Crippen MR) is 429 cm³/mol. The molecule has 10 nitrogen and oxygen atoms in total. The monoisotopic (exact) mass is 1790 g/mol. The molecule has 107 heavy (non-hydrogen) atoms. The number of alkyl halides is 3. The van der Waals surface area contributed by atoms with Crippen LogP contribution in [0, 0.1) is 31.0 Å². The molecule has 15 rings (SSSR count). The number of aliphatic hydroxyl groups excluding tert-OH is 3. The number of carbonyl (C=O) groups is 1. The van der Waals surface area contributed by atoms with Gasteiger partial charge in [0, 0.05) is 127 Å². The Morgan fingerprint density at radius 2 is 1.03 bits per heavy atom. The summed E-state index contributed by atoms with van der Waals surface area (Å²) in [6.07, 6.45) is 7.27. The molecule has 15 aromatic rings. The number of hydrogen-bond acceptors (Lipinski definition) is 7. The van der Waals surface area contributed by atoms with E-state index in [0.717, 1.165) is 91.0 Å². The van der Waals surface area contributed by atoms with E-state index in [9.17, 15) is 18.0 Å². The van der Waals surface area contributed by atoms with E-state index in [0.29, 0.717) is 17.2 Å². The van der Waals surface area contributed by atoms with Gasteiger partial charge in [0.15, 0.2) is 5.78 Å². The third-order valence-electron chi connectivity index (χ3n) is 17.5. The van der Waals surface area contributed by atoms with E-state index < -0.39 is 17.8 Å². The molecule has 554 valence electrons. The maximum atomic E-state index is 12.8. The normalized spacial score (nSPS) is 11.7. The van der Waals surface area contributed by atoms with Crippen molar-refractivity contribution in [2.75, 3.05) is 0 Å². The second kappa shape index (κ2) is 39.8. The van der Waals surface area contributed by atoms with Crippen LogP contribution in [0.2, 0.25) is 0 Å². The van der Waals surface area contributed by atoms with Crippen molar-refractivity contribution in [1.82, 2.24) is 28.7 Å². The van der Waals surface area contributed by atoms with Crippen molar-refractivity contribution < 1.29 is 73.5 Å². The van der Waals surface area contributed by atoms with Crippen molar-refractivity contribution in [2.24, 2.45) is 5.92 Å². The minimum Gasteiger partial charge on any atom is -0.513 e. The molecular formula is C92H90F3Ir2N6O4-3. The Morgan fingerprint density at radius 3 is 1.47 bits per heavy atom. The van der Waals surface area contributed by atoms with Crippen molar-refractivity contribution in [2.45, 2.75) is 114 Å². The number of allylic oxidation sites excluding steroid dienone is 3. The van der Waals surface area contributed by atoms with E-state index in [4.69, 9.17) is 15.3 Å². The number of aromatic nitrogens is 6. The Bertz CT molecular complexity index is 5380. The molecule has 6 heterocycles. The topological polar surface area (TPSA) is 131 Å². The van der Waals surface area contributed by atoms with Gasteiger partial charge in [0.25, 0.3) is 0 Å². The van der Waals surface area contributed by atoms with Crippen molar-refractivity contribution >= 4 is 71.2 Å². The number of halogens is 3. The zero-order chi connectivity index (χ0) is 73.9. The fourth-order valence-electron chi connectivity index (χ4n) is 12.7. The number of nitrogens with zero attached hydrogens (tertiary/aromatic N) is 6. The molecular weight excluding hydrogens is 1690 g/mol. The average Bonchev–Trinajstić information content (AvgIpc) is 1.62. The molecule has 0 aliphatic rings. The van der Waals surface area contributed by atoms with Gasteiger partial charge in [-0.1, -0.05) is 238 Å². The molecule has 9 aromatic carbocycles. The number of aryl methyl sites for hydroxylation is 1. The smallest absolute Gasteiger partial charge is 0.417 e. The van der Waals surface area contributed by atoms with Gasteiger partial charge < -0.3 is 34.0 Å². The summed E-state index contributed by atoms with van der Waals surface area (Å²) in [5, 5.41) is 32.2. The molecule has 0 saturated heterocycles. The first kappa shape index (κ1) is 83.9. The Labute approximate surface area is 653 Å². The molecule has 0 aliphatic carbocycles. The number of carbonyl (C=O) groups excluding carboxylic acids is 1. The summed E-state index contributed by atoms with van der Waals surface area (Å²) in [5.74, 6) is 0.807. The summed E-state index contributed by atoms with van der Waals surface area (Å²) in [6, 6.07) is 90.3. The number of fused-ring (bicyclic) bond motifs is 9. The Kier molecular flexibility index (Phi) is 31.2. The van der Waals surface area contributed by atoms with Crippen molar-refractivity contribution in [3.05, 3.63) is 308 Å². The van der Waals surface area contributed by atoms with Crippen LogP contribution in [0.5, 0.6) is 0 Å². The first-order valence-electron chi connectivity index (χ1n) is 35.2. The number of unbranched alkanes of at least 4 members (excludes halogenated alkanes) is 1. The average molecular weight is 1790 g/mol. The van der Waals surface area contributed by atoms with Gasteiger partial charge in [-0.15, -0.1) is 66.2 Å². The summed E-state index contributed by atoms with van der Waals surface area (Å²) in [7, 11) is 0. The molecule has 0 amide bonds. The third-order valence-corrected chi connectivity index (χ3v) is 17.5. The van der Waals surface area contributed by atoms with Gasteiger partial charge in [0.05, 0.1) is 23.2 Å². The zero-order valence-corrected chi connectivity index (χ0v) is 65.6. The first-order chi connectivity index (χ1) is 50.4. The molecule has 0 aliphatic heterocycles. The second-order valence-corrected chi connectivity index (χ2v) is 25.2. The van der Waals surface area contributed by atoms with Gasteiger partial charge in [-0.3, -0.25) is 14.8 Å². The molecule has 0 saturated carbocycles. The van der Waals surface area contributed by atoms with Gasteiger partial charge in [0.1, 0.15) is 0 Å². The summed E-state index contributed by atoms with van der Waals surface area (Å²) >= 11 is 0. The van der Waals surface area contributed by atoms with Crippen LogP contribution in [0.4, 0.5) is 13.2 Å². The van der Waals surface area contributed by atoms with E-state index in [1.807, 2.05) is 117 Å². The number of aliphatic hydroxyl groups is 3. The molecule has 6 aromatic heterocycles. The van der Waals surface area contributed by atoms with Gasteiger partial charge in [0.2, 0.25) is 0 Å². The number of benzene rings is 9. The number of hydrogen-bond donors (Lipinski definition) is 3. The van der Waals surface area contributed by atoms with Crippen molar-refractivity contribution in [3.63, 3.8) is 0 Å². The van der Waals surface area contributed by atoms with Gasteiger partial charge in [-0.05, 0) is 130 Å². The molecule has 0 fully saturated rings. The quantitative estimate of drug-likeness (QED) is 0.0561. The van der Waals surface area contributed by atoms with Crippen LogP contribution in [-0.2, 0) is 57.7 Å². The van der Waals surface area contributed by atoms with Crippen LogP contribution in [0.1, 0.15) is 99.6 Å². The summed E-state index contributed by atoms with van der Waals surface area (Å²) in [6.45, 7) is 17.7. The van der Waals surface area contributed by atoms with Crippen LogP contribution < -0.4 is 0 Å². The Morgan fingerprint density at radius 1 is 0.533 bits per heavy atom. The van der Waals surface area contributed by atoms with Crippen LogP contribution in [0.15, 0.2) is 279 Å². The van der Waals surface area contributed by atoms with E-state index >= 15 is 0 Å². The largest absolute Gasteiger partial charge is 0.513 e. The summed E-state index contributed by atoms with van der Waals surface area (Å²) in [4.78, 5) is 23.0. The van der Waals surface area contributed by atoms with E-state index in [1.165, 1.54) is 109 Å². The molecule has 2 radical (unpaired) electrons. The maximum absolute atomic E-state index is 12.8. The Balaban J connectivity index is 0.000000201. The molecule has 3 N–H and O–H groups in total. The Hall–Kier alpha value is -10.4.